The summed E-state index contributed by atoms with van der Waals surface area (Å²) in [7, 11) is 4.82. The molecule has 6 heteroatoms. The molecule has 2 rings (SSSR count). The monoisotopic (exact) mass is 308 g/mol. The van der Waals surface area contributed by atoms with Crippen LogP contribution in [0.25, 0.3) is 0 Å². The summed E-state index contributed by atoms with van der Waals surface area (Å²) in [5.41, 5.74) is 0.927. The van der Waals surface area contributed by atoms with E-state index in [1.807, 2.05) is 12.1 Å². The largest absolute Gasteiger partial charge is 0.496 e. The van der Waals surface area contributed by atoms with E-state index in [2.05, 4.69) is 10.6 Å². The number of benzene rings is 1. The standard InChI is InChI=1S/C16H24N2O4/c1-20-12-8-14(21-2)13(15(9-12)22-3)5-7-18-16(19)11-4-6-17-10-11/h8-9,11,17H,4-7,10H2,1-3H3,(H,18,19). The molecule has 0 aliphatic carbocycles. The second-order valence-corrected chi connectivity index (χ2v) is 5.24. The van der Waals surface area contributed by atoms with Gasteiger partial charge in [-0.05, 0) is 19.4 Å². The van der Waals surface area contributed by atoms with Gasteiger partial charge in [0, 0.05) is 30.8 Å². The van der Waals surface area contributed by atoms with Gasteiger partial charge in [0.25, 0.3) is 0 Å². The molecule has 0 saturated carbocycles. The number of amides is 1. The van der Waals surface area contributed by atoms with Gasteiger partial charge in [-0.3, -0.25) is 4.79 Å². The molecule has 0 aromatic heterocycles. The molecule has 0 radical (unpaired) electrons. The Bertz CT molecular complexity index is 488. The molecule has 1 amide bonds. The first-order valence-corrected chi connectivity index (χ1v) is 7.47. The lowest BCUT2D eigenvalue weighted by atomic mass is 10.1. The first-order chi connectivity index (χ1) is 10.7. The zero-order valence-electron chi connectivity index (χ0n) is 13.4. The van der Waals surface area contributed by atoms with E-state index < -0.39 is 0 Å². The fourth-order valence-electron chi connectivity index (χ4n) is 2.66. The summed E-state index contributed by atoms with van der Waals surface area (Å²) in [6, 6.07) is 3.64. The van der Waals surface area contributed by atoms with Crippen LogP contribution in [0.4, 0.5) is 0 Å². The van der Waals surface area contributed by atoms with Crippen LogP contribution in [0.1, 0.15) is 12.0 Å². The molecule has 1 aromatic rings. The van der Waals surface area contributed by atoms with E-state index in [4.69, 9.17) is 14.2 Å². The Kier molecular flexibility index (Phi) is 5.89. The van der Waals surface area contributed by atoms with Gasteiger partial charge in [0.05, 0.1) is 27.2 Å². The second-order valence-electron chi connectivity index (χ2n) is 5.24. The Morgan fingerprint density at radius 3 is 2.41 bits per heavy atom. The van der Waals surface area contributed by atoms with Gasteiger partial charge >= 0.3 is 0 Å². The van der Waals surface area contributed by atoms with Crippen LogP contribution >= 0.6 is 0 Å². The molecule has 1 aromatic carbocycles. The van der Waals surface area contributed by atoms with Gasteiger partial charge < -0.3 is 24.8 Å². The van der Waals surface area contributed by atoms with E-state index in [0.717, 1.165) is 25.1 Å². The van der Waals surface area contributed by atoms with Crippen molar-refractivity contribution < 1.29 is 19.0 Å². The molecule has 1 saturated heterocycles. The van der Waals surface area contributed by atoms with Crippen molar-refractivity contribution in [3.05, 3.63) is 17.7 Å². The molecule has 1 aliphatic heterocycles. The minimum absolute atomic E-state index is 0.0830. The molecular formula is C16H24N2O4. The molecule has 22 heavy (non-hydrogen) atoms. The first-order valence-electron chi connectivity index (χ1n) is 7.47. The van der Waals surface area contributed by atoms with Crippen molar-refractivity contribution in [3.8, 4) is 17.2 Å². The van der Waals surface area contributed by atoms with Gasteiger partial charge in [0.15, 0.2) is 0 Å². The Balaban J connectivity index is 2.00. The fraction of sp³-hybridized carbons (Fsp3) is 0.562. The lowest BCUT2D eigenvalue weighted by molar-refractivity contribution is -0.124. The van der Waals surface area contributed by atoms with Crippen molar-refractivity contribution in [3.63, 3.8) is 0 Å². The smallest absolute Gasteiger partial charge is 0.224 e. The number of hydrogen-bond acceptors (Lipinski definition) is 5. The van der Waals surface area contributed by atoms with Gasteiger partial charge in [-0.25, -0.2) is 0 Å². The Labute approximate surface area is 131 Å². The number of ether oxygens (including phenoxy) is 3. The van der Waals surface area contributed by atoms with Crippen molar-refractivity contribution in [2.75, 3.05) is 41.0 Å². The van der Waals surface area contributed by atoms with Gasteiger partial charge in [-0.1, -0.05) is 0 Å². The Hall–Kier alpha value is -1.95. The average molecular weight is 308 g/mol. The van der Waals surface area contributed by atoms with Crippen LogP contribution in [-0.4, -0.2) is 46.9 Å². The third-order valence-corrected chi connectivity index (χ3v) is 3.92. The SMILES string of the molecule is COc1cc(OC)c(CCNC(=O)C2CCNC2)c(OC)c1. The van der Waals surface area contributed by atoms with E-state index in [1.165, 1.54) is 0 Å². The van der Waals surface area contributed by atoms with Crippen LogP contribution < -0.4 is 24.8 Å². The van der Waals surface area contributed by atoms with E-state index in [1.54, 1.807) is 21.3 Å². The van der Waals surface area contributed by atoms with Crippen LogP contribution in [0.3, 0.4) is 0 Å². The van der Waals surface area contributed by atoms with Gasteiger partial charge in [0.1, 0.15) is 17.2 Å². The van der Waals surface area contributed by atoms with Crippen LogP contribution in [0.2, 0.25) is 0 Å². The molecule has 6 nitrogen and oxygen atoms in total. The highest BCUT2D eigenvalue weighted by molar-refractivity contribution is 5.79. The highest BCUT2D eigenvalue weighted by Crippen LogP contribution is 2.34. The zero-order chi connectivity index (χ0) is 15.9. The first kappa shape index (κ1) is 16.4. The molecule has 1 fully saturated rings. The number of carbonyl (C=O) groups excluding carboxylic acids is 1. The van der Waals surface area contributed by atoms with Crippen molar-refractivity contribution >= 4 is 5.91 Å². The molecule has 2 N–H and O–H groups in total. The van der Waals surface area contributed by atoms with Crippen LogP contribution in [0, 0.1) is 5.92 Å². The molecule has 1 atom stereocenters. The van der Waals surface area contributed by atoms with E-state index >= 15 is 0 Å². The minimum atomic E-state index is 0.0830. The minimum Gasteiger partial charge on any atom is -0.496 e. The highest BCUT2D eigenvalue weighted by Gasteiger charge is 2.22. The number of hydrogen-bond donors (Lipinski definition) is 2. The summed E-state index contributed by atoms with van der Waals surface area (Å²) in [5.74, 6) is 2.27. The molecule has 1 heterocycles. The van der Waals surface area contributed by atoms with E-state index in [-0.39, 0.29) is 11.8 Å². The normalized spacial score (nSPS) is 17.1. The second kappa shape index (κ2) is 7.89. The number of rotatable bonds is 7. The third-order valence-electron chi connectivity index (χ3n) is 3.92. The van der Waals surface area contributed by atoms with Crippen molar-refractivity contribution in [2.24, 2.45) is 5.92 Å². The summed E-state index contributed by atoms with van der Waals surface area (Å²) in [6.45, 7) is 2.23. The summed E-state index contributed by atoms with van der Waals surface area (Å²) in [6.07, 6.45) is 1.54. The van der Waals surface area contributed by atoms with Gasteiger partial charge in [-0.15, -0.1) is 0 Å². The van der Waals surface area contributed by atoms with Crippen LogP contribution in [-0.2, 0) is 11.2 Å². The molecule has 0 bridgehead atoms. The summed E-state index contributed by atoms with van der Waals surface area (Å²) in [4.78, 5) is 12.0. The summed E-state index contributed by atoms with van der Waals surface area (Å²) < 4.78 is 16.0. The maximum absolute atomic E-state index is 12.0. The van der Waals surface area contributed by atoms with Crippen LogP contribution in [0.15, 0.2) is 12.1 Å². The van der Waals surface area contributed by atoms with Crippen molar-refractivity contribution in [2.45, 2.75) is 12.8 Å². The predicted molar refractivity (Wildman–Crippen MR) is 83.8 cm³/mol. The summed E-state index contributed by atoms with van der Waals surface area (Å²) >= 11 is 0. The van der Waals surface area contributed by atoms with Crippen LogP contribution in [0.5, 0.6) is 17.2 Å². The molecule has 1 unspecified atom stereocenters. The quantitative estimate of drug-likeness (QED) is 0.786. The Morgan fingerprint density at radius 2 is 1.91 bits per heavy atom. The number of methoxy groups -OCH3 is 3. The maximum atomic E-state index is 12.0. The highest BCUT2D eigenvalue weighted by atomic mass is 16.5. The Morgan fingerprint density at radius 1 is 1.23 bits per heavy atom. The summed E-state index contributed by atoms with van der Waals surface area (Å²) in [5, 5.41) is 6.18. The molecular weight excluding hydrogens is 284 g/mol. The zero-order valence-corrected chi connectivity index (χ0v) is 13.4. The lowest BCUT2D eigenvalue weighted by Gasteiger charge is -2.16. The predicted octanol–water partition coefficient (Wildman–Crippen LogP) is 0.981. The number of nitrogens with one attached hydrogen (secondary N) is 2. The lowest BCUT2D eigenvalue weighted by Crippen LogP contribution is -2.33. The maximum Gasteiger partial charge on any atom is 0.224 e. The fourth-order valence-corrected chi connectivity index (χ4v) is 2.66. The number of carbonyl (C=O) groups is 1. The topological polar surface area (TPSA) is 68.8 Å². The average Bonchev–Trinajstić information content (AvgIpc) is 3.09. The van der Waals surface area contributed by atoms with Gasteiger partial charge in [-0.2, -0.15) is 0 Å². The van der Waals surface area contributed by atoms with Crippen molar-refractivity contribution in [1.29, 1.82) is 0 Å². The van der Waals surface area contributed by atoms with Gasteiger partial charge in [0.2, 0.25) is 5.91 Å². The van der Waals surface area contributed by atoms with Crippen molar-refractivity contribution in [1.82, 2.24) is 10.6 Å². The van der Waals surface area contributed by atoms with E-state index in [9.17, 15) is 4.79 Å². The third kappa shape index (κ3) is 3.82. The molecule has 122 valence electrons. The van der Waals surface area contributed by atoms with E-state index in [0.29, 0.717) is 30.2 Å². The molecule has 0 spiro atoms. The molecule has 1 aliphatic rings.